The van der Waals surface area contributed by atoms with Crippen LogP contribution in [0, 0.1) is 0 Å². The molecule has 1 aliphatic rings. The van der Waals surface area contributed by atoms with E-state index in [9.17, 15) is 8.42 Å². The summed E-state index contributed by atoms with van der Waals surface area (Å²) in [5.41, 5.74) is 2.78. The van der Waals surface area contributed by atoms with E-state index in [-0.39, 0.29) is 5.75 Å². The van der Waals surface area contributed by atoms with Crippen LogP contribution in [0.2, 0.25) is 0 Å². The molecule has 1 N–H and O–H groups in total. The van der Waals surface area contributed by atoms with Gasteiger partial charge in [0.15, 0.2) is 0 Å². The van der Waals surface area contributed by atoms with Crippen LogP contribution in [0.15, 0.2) is 18.2 Å². The summed E-state index contributed by atoms with van der Waals surface area (Å²) in [7, 11) is -3.27. The van der Waals surface area contributed by atoms with Gasteiger partial charge < -0.3 is 4.74 Å². The van der Waals surface area contributed by atoms with Crippen LogP contribution in [0.4, 0.5) is 5.69 Å². The summed E-state index contributed by atoms with van der Waals surface area (Å²) >= 11 is 5.53. The summed E-state index contributed by atoms with van der Waals surface area (Å²) in [4.78, 5) is 0. The largest absolute Gasteiger partial charge is 0.372 e. The van der Waals surface area contributed by atoms with Crippen LogP contribution in [-0.4, -0.2) is 20.1 Å². The van der Waals surface area contributed by atoms with Gasteiger partial charge in [0.05, 0.1) is 19.0 Å². The summed E-state index contributed by atoms with van der Waals surface area (Å²) in [5.74, 6) is 0.596. The highest BCUT2D eigenvalue weighted by Gasteiger charge is 2.14. The monoisotopic (exact) mass is 289 g/mol. The van der Waals surface area contributed by atoms with Crippen molar-refractivity contribution in [3.8, 4) is 0 Å². The maximum atomic E-state index is 11.8. The van der Waals surface area contributed by atoms with Crippen molar-refractivity contribution in [2.75, 3.05) is 16.4 Å². The van der Waals surface area contributed by atoms with Crippen LogP contribution in [0.25, 0.3) is 0 Å². The fourth-order valence-corrected chi connectivity index (χ4v) is 3.21. The van der Waals surface area contributed by atoms with Crippen LogP contribution < -0.4 is 4.72 Å². The number of unbranched alkanes of at least 4 members (excludes halogenated alkanes) is 1. The zero-order chi connectivity index (χ0) is 13.0. The number of benzene rings is 1. The molecule has 0 spiro atoms. The van der Waals surface area contributed by atoms with E-state index in [1.807, 2.05) is 12.1 Å². The summed E-state index contributed by atoms with van der Waals surface area (Å²) in [6.07, 6.45) is 1.29. The molecule has 0 aliphatic carbocycles. The molecule has 1 aromatic carbocycles. The second-order valence-corrected chi connectivity index (χ2v) is 6.51. The SMILES string of the molecule is O=S(=O)(CCCCCl)Nc1ccc2c(c1)COC2. The minimum Gasteiger partial charge on any atom is -0.372 e. The Bertz CT molecular complexity index is 516. The highest BCUT2D eigenvalue weighted by Crippen LogP contribution is 2.23. The first-order valence-corrected chi connectivity index (χ1v) is 8.05. The number of fused-ring (bicyclic) bond motifs is 1. The molecule has 6 heteroatoms. The van der Waals surface area contributed by atoms with Crippen molar-refractivity contribution in [1.29, 1.82) is 0 Å². The van der Waals surface area contributed by atoms with Crippen molar-refractivity contribution in [1.82, 2.24) is 0 Å². The Morgan fingerprint density at radius 3 is 2.78 bits per heavy atom. The molecule has 0 radical (unpaired) electrons. The second-order valence-electron chi connectivity index (χ2n) is 4.29. The fraction of sp³-hybridized carbons (Fsp3) is 0.500. The Morgan fingerprint density at radius 2 is 2.00 bits per heavy atom. The van der Waals surface area contributed by atoms with Gasteiger partial charge in [-0.2, -0.15) is 0 Å². The number of rotatable bonds is 6. The lowest BCUT2D eigenvalue weighted by molar-refractivity contribution is 0.134. The Morgan fingerprint density at radius 1 is 1.22 bits per heavy atom. The third-order valence-electron chi connectivity index (χ3n) is 2.79. The third-order valence-corrected chi connectivity index (χ3v) is 4.43. The second kappa shape index (κ2) is 5.91. The van der Waals surface area contributed by atoms with E-state index in [4.69, 9.17) is 16.3 Å². The van der Waals surface area contributed by atoms with Crippen molar-refractivity contribution in [2.24, 2.45) is 0 Å². The van der Waals surface area contributed by atoms with Gasteiger partial charge in [-0.3, -0.25) is 4.72 Å². The topological polar surface area (TPSA) is 55.4 Å². The Labute approximate surface area is 112 Å². The van der Waals surface area contributed by atoms with Gasteiger partial charge in [-0.1, -0.05) is 6.07 Å². The first-order valence-electron chi connectivity index (χ1n) is 5.87. The Hall–Kier alpha value is -0.780. The standard InChI is InChI=1S/C12H16ClNO3S/c13-5-1-2-6-18(15,16)14-12-4-3-10-8-17-9-11(10)7-12/h3-4,7,14H,1-2,5-6,8-9H2. The van der Waals surface area contributed by atoms with E-state index >= 15 is 0 Å². The number of nitrogens with one attached hydrogen (secondary N) is 1. The van der Waals surface area contributed by atoms with E-state index in [1.54, 1.807) is 6.07 Å². The molecule has 1 aromatic rings. The zero-order valence-electron chi connectivity index (χ0n) is 9.99. The molecule has 0 atom stereocenters. The smallest absolute Gasteiger partial charge is 0.232 e. The predicted molar refractivity (Wildman–Crippen MR) is 72.3 cm³/mol. The van der Waals surface area contributed by atoms with Gasteiger partial charge >= 0.3 is 0 Å². The molecule has 2 rings (SSSR count). The Kier molecular flexibility index (Phi) is 4.48. The maximum Gasteiger partial charge on any atom is 0.232 e. The van der Waals surface area contributed by atoms with E-state index < -0.39 is 10.0 Å². The van der Waals surface area contributed by atoms with Gasteiger partial charge in [0.25, 0.3) is 0 Å². The van der Waals surface area contributed by atoms with Crippen LogP contribution >= 0.6 is 11.6 Å². The molecule has 4 nitrogen and oxygen atoms in total. The lowest BCUT2D eigenvalue weighted by atomic mass is 10.1. The number of alkyl halides is 1. The van der Waals surface area contributed by atoms with E-state index in [1.165, 1.54) is 0 Å². The average molecular weight is 290 g/mol. The molecule has 0 amide bonds. The lowest BCUT2D eigenvalue weighted by Crippen LogP contribution is -2.16. The quantitative estimate of drug-likeness (QED) is 0.646. The van der Waals surface area contributed by atoms with Gasteiger partial charge in [-0.25, -0.2) is 8.42 Å². The number of hydrogen-bond acceptors (Lipinski definition) is 3. The average Bonchev–Trinajstić information content (AvgIpc) is 2.75. The fourth-order valence-electron chi connectivity index (χ4n) is 1.85. The highest BCUT2D eigenvalue weighted by atomic mass is 35.5. The van der Waals surface area contributed by atoms with Gasteiger partial charge in [0, 0.05) is 11.6 Å². The molecule has 0 saturated carbocycles. The molecule has 1 heterocycles. The van der Waals surface area contributed by atoms with Crippen molar-refractivity contribution in [3.05, 3.63) is 29.3 Å². The van der Waals surface area contributed by atoms with Crippen molar-refractivity contribution >= 4 is 27.3 Å². The van der Waals surface area contributed by atoms with Crippen molar-refractivity contribution in [2.45, 2.75) is 26.1 Å². The summed E-state index contributed by atoms with van der Waals surface area (Å²) in [6.45, 7) is 1.16. The van der Waals surface area contributed by atoms with E-state index in [2.05, 4.69) is 4.72 Å². The molecular weight excluding hydrogens is 274 g/mol. The number of hydrogen-bond donors (Lipinski definition) is 1. The van der Waals surface area contributed by atoms with E-state index in [0.29, 0.717) is 37.6 Å². The lowest BCUT2D eigenvalue weighted by Gasteiger charge is -2.08. The molecule has 1 aliphatic heterocycles. The predicted octanol–water partition coefficient (Wildman–Crippen LogP) is 2.48. The van der Waals surface area contributed by atoms with Gasteiger partial charge in [-0.05, 0) is 36.1 Å². The normalized spacial score (nSPS) is 14.5. The first-order chi connectivity index (χ1) is 8.61. The molecule has 0 bridgehead atoms. The molecular formula is C12H16ClNO3S. The van der Waals surface area contributed by atoms with Crippen LogP contribution in [0.1, 0.15) is 24.0 Å². The minimum absolute atomic E-state index is 0.104. The maximum absolute atomic E-state index is 11.8. The highest BCUT2D eigenvalue weighted by molar-refractivity contribution is 7.92. The van der Waals surface area contributed by atoms with E-state index in [0.717, 1.165) is 11.1 Å². The van der Waals surface area contributed by atoms with Gasteiger partial charge in [-0.15, -0.1) is 11.6 Å². The molecule has 0 saturated heterocycles. The third kappa shape index (κ3) is 3.60. The van der Waals surface area contributed by atoms with Crippen LogP contribution in [-0.2, 0) is 28.0 Å². The minimum atomic E-state index is -3.27. The number of halogens is 1. The Balaban J connectivity index is 2.00. The van der Waals surface area contributed by atoms with Crippen molar-refractivity contribution in [3.63, 3.8) is 0 Å². The molecule has 0 unspecified atom stereocenters. The molecule has 0 fully saturated rings. The first kappa shape index (κ1) is 13.6. The number of anilines is 1. The molecule has 0 aromatic heterocycles. The van der Waals surface area contributed by atoms with Gasteiger partial charge in [0.1, 0.15) is 0 Å². The number of ether oxygens (including phenoxy) is 1. The number of sulfonamides is 1. The summed E-state index contributed by atoms with van der Waals surface area (Å²) in [6, 6.07) is 5.51. The van der Waals surface area contributed by atoms with Crippen molar-refractivity contribution < 1.29 is 13.2 Å². The summed E-state index contributed by atoms with van der Waals surface area (Å²) < 4.78 is 31.4. The van der Waals surface area contributed by atoms with Crippen LogP contribution in [0.3, 0.4) is 0 Å². The van der Waals surface area contributed by atoms with Crippen LogP contribution in [0.5, 0.6) is 0 Å². The summed E-state index contributed by atoms with van der Waals surface area (Å²) in [5, 5.41) is 0. The molecule has 100 valence electrons. The zero-order valence-corrected chi connectivity index (χ0v) is 11.6. The van der Waals surface area contributed by atoms with Gasteiger partial charge in [0.2, 0.25) is 10.0 Å². The molecule has 18 heavy (non-hydrogen) atoms.